The molecule has 0 heterocycles. The Kier molecular flexibility index (Phi) is 5.16. The Morgan fingerprint density at radius 2 is 1.80 bits per heavy atom. The van der Waals surface area contributed by atoms with Gasteiger partial charge < -0.3 is 5.32 Å². The van der Waals surface area contributed by atoms with Gasteiger partial charge in [-0.25, -0.2) is 4.39 Å². The predicted octanol–water partition coefficient (Wildman–Crippen LogP) is 4.76. The Bertz CT molecular complexity index is 553. The van der Waals surface area contributed by atoms with Crippen LogP contribution in [0.3, 0.4) is 0 Å². The lowest BCUT2D eigenvalue weighted by molar-refractivity contribution is 0.475. The number of nitrogens with one attached hydrogen (secondary N) is 1. The first-order valence-corrected chi connectivity index (χ1v) is 7.18. The van der Waals surface area contributed by atoms with Crippen LogP contribution in [0.5, 0.6) is 0 Å². The zero-order valence-corrected chi connectivity index (χ0v) is 12.5. The summed E-state index contributed by atoms with van der Waals surface area (Å²) in [6.45, 7) is 4.18. The van der Waals surface area contributed by atoms with Gasteiger partial charge in [-0.2, -0.15) is 0 Å². The fraction of sp³-hybridized carbons (Fsp3) is 0.294. The molecule has 2 rings (SSSR count). The van der Waals surface area contributed by atoms with E-state index in [9.17, 15) is 4.39 Å². The Hall–Kier alpha value is -1.38. The van der Waals surface area contributed by atoms with E-state index in [1.165, 1.54) is 11.6 Å². The van der Waals surface area contributed by atoms with E-state index in [4.69, 9.17) is 11.6 Å². The second-order valence-electron chi connectivity index (χ2n) is 5.17. The molecule has 1 N–H and O–H groups in total. The highest BCUT2D eigenvalue weighted by Crippen LogP contribution is 2.16. The molecule has 3 heteroatoms. The van der Waals surface area contributed by atoms with Crippen LogP contribution < -0.4 is 5.32 Å². The van der Waals surface area contributed by atoms with Crippen LogP contribution in [0.25, 0.3) is 0 Å². The third kappa shape index (κ3) is 4.32. The highest BCUT2D eigenvalue weighted by Gasteiger charge is 2.10. The van der Waals surface area contributed by atoms with Crippen molar-refractivity contribution in [3.8, 4) is 0 Å². The van der Waals surface area contributed by atoms with E-state index in [2.05, 4.69) is 12.2 Å². The monoisotopic (exact) mass is 291 g/mol. The van der Waals surface area contributed by atoms with Crippen LogP contribution >= 0.6 is 11.6 Å². The second kappa shape index (κ2) is 6.87. The molecule has 0 aliphatic carbocycles. The molecule has 0 spiro atoms. The normalized spacial score (nSPS) is 14.0. The number of benzene rings is 2. The maximum absolute atomic E-state index is 13.2. The van der Waals surface area contributed by atoms with E-state index < -0.39 is 0 Å². The molecule has 0 saturated carbocycles. The summed E-state index contributed by atoms with van der Waals surface area (Å²) in [6.07, 6.45) is 0.914. The minimum absolute atomic E-state index is 0.119. The van der Waals surface area contributed by atoms with E-state index in [1.807, 2.05) is 37.3 Å². The van der Waals surface area contributed by atoms with Crippen molar-refractivity contribution >= 4 is 11.6 Å². The Balaban J connectivity index is 1.93. The first-order chi connectivity index (χ1) is 9.54. The molecule has 0 aliphatic heterocycles. The summed E-state index contributed by atoms with van der Waals surface area (Å²) in [5.41, 5.74) is 2.20. The molecule has 20 heavy (non-hydrogen) atoms. The second-order valence-corrected chi connectivity index (χ2v) is 5.61. The molecule has 1 nitrogen and oxygen atoms in total. The third-order valence-electron chi connectivity index (χ3n) is 3.34. The van der Waals surface area contributed by atoms with Crippen molar-refractivity contribution in [1.82, 2.24) is 5.32 Å². The minimum Gasteiger partial charge on any atom is -0.307 e. The number of hydrogen-bond acceptors (Lipinski definition) is 1. The van der Waals surface area contributed by atoms with Gasteiger partial charge in [0, 0.05) is 17.1 Å². The third-order valence-corrected chi connectivity index (χ3v) is 3.59. The summed E-state index contributed by atoms with van der Waals surface area (Å²) >= 11 is 5.88. The maximum Gasteiger partial charge on any atom is 0.123 e. The van der Waals surface area contributed by atoms with Gasteiger partial charge in [0.25, 0.3) is 0 Å². The van der Waals surface area contributed by atoms with Gasteiger partial charge >= 0.3 is 0 Å². The average Bonchev–Trinajstić information content (AvgIpc) is 2.41. The highest BCUT2D eigenvalue weighted by molar-refractivity contribution is 6.30. The molecule has 0 bridgehead atoms. The van der Waals surface area contributed by atoms with Crippen LogP contribution in [0, 0.1) is 5.82 Å². The van der Waals surface area contributed by atoms with Crippen molar-refractivity contribution in [2.45, 2.75) is 32.4 Å². The fourth-order valence-electron chi connectivity index (χ4n) is 2.33. The molecule has 2 aromatic carbocycles. The smallest absolute Gasteiger partial charge is 0.123 e. The van der Waals surface area contributed by atoms with E-state index in [1.54, 1.807) is 12.1 Å². The largest absolute Gasteiger partial charge is 0.307 e. The molecular formula is C17H19ClFN. The molecule has 0 radical (unpaired) electrons. The van der Waals surface area contributed by atoms with Crippen molar-refractivity contribution < 1.29 is 4.39 Å². The summed E-state index contributed by atoms with van der Waals surface area (Å²) < 4.78 is 13.2. The van der Waals surface area contributed by atoms with Gasteiger partial charge in [0.2, 0.25) is 0 Å². The molecule has 2 aromatic rings. The molecule has 0 fully saturated rings. The SMILES string of the molecule is CC(Cc1ccc(Cl)cc1)N[C@@H](C)c1cccc(F)c1. The lowest BCUT2D eigenvalue weighted by Crippen LogP contribution is -2.30. The van der Waals surface area contributed by atoms with Crippen LogP contribution in [0.15, 0.2) is 48.5 Å². The van der Waals surface area contributed by atoms with Crippen molar-refractivity contribution in [2.75, 3.05) is 0 Å². The predicted molar refractivity (Wildman–Crippen MR) is 82.6 cm³/mol. The molecule has 2 atom stereocenters. The van der Waals surface area contributed by atoms with Gasteiger partial charge in [0.05, 0.1) is 0 Å². The average molecular weight is 292 g/mol. The first kappa shape index (κ1) is 15.0. The Morgan fingerprint density at radius 1 is 1.10 bits per heavy atom. The zero-order valence-electron chi connectivity index (χ0n) is 11.7. The highest BCUT2D eigenvalue weighted by atomic mass is 35.5. The summed E-state index contributed by atoms with van der Waals surface area (Å²) in [6, 6.07) is 15.0. The van der Waals surface area contributed by atoms with Gasteiger partial charge in [-0.1, -0.05) is 35.9 Å². The minimum atomic E-state index is -0.193. The topological polar surface area (TPSA) is 12.0 Å². The zero-order chi connectivity index (χ0) is 14.5. The van der Waals surface area contributed by atoms with Crippen LogP contribution in [0.4, 0.5) is 4.39 Å². The standard InChI is InChI=1S/C17H19ClFN/c1-12(10-14-6-8-16(18)9-7-14)20-13(2)15-4-3-5-17(19)11-15/h3-9,11-13,20H,10H2,1-2H3/t12?,13-/m0/s1. The Labute approximate surface area is 124 Å². The maximum atomic E-state index is 13.2. The van der Waals surface area contributed by atoms with E-state index in [0.29, 0.717) is 6.04 Å². The molecule has 0 saturated heterocycles. The number of hydrogen-bond donors (Lipinski definition) is 1. The van der Waals surface area contributed by atoms with Crippen molar-refractivity contribution in [2.24, 2.45) is 0 Å². The van der Waals surface area contributed by atoms with Crippen molar-refractivity contribution in [3.63, 3.8) is 0 Å². The summed E-state index contributed by atoms with van der Waals surface area (Å²) in [5, 5.41) is 4.24. The molecule has 106 valence electrons. The first-order valence-electron chi connectivity index (χ1n) is 6.80. The number of rotatable bonds is 5. The van der Waals surface area contributed by atoms with Crippen LogP contribution in [0.2, 0.25) is 5.02 Å². The molecular weight excluding hydrogens is 273 g/mol. The quantitative estimate of drug-likeness (QED) is 0.837. The van der Waals surface area contributed by atoms with E-state index >= 15 is 0 Å². The van der Waals surface area contributed by atoms with Gasteiger partial charge in [0.15, 0.2) is 0 Å². The van der Waals surface area contributed by atoms with Crippen LogP contribution in [-0.4, -0.2) is 6.04 Å². The van der Waals surface area contributed by atoms with Gasteiger partial charge in [-0.3, -0.25) is 0 Å². The summed E-state index contributed by atoms with van der Waals surface area (Å²) in [7, 11) is 0. The number of halogens is 2. The van der Waals surface area contributed by atoms with Gasteiger partial charge in [-0.15, -0.1) is 0 Å². The van der Waals surface area contributed by atoms with Crippen LogP contribution in [0.1, 0.15) is 31.0 Å². The molecule has 0 aliphatic rings. The summed E-state index contributed by atoms with van der Waals surface area (Å²) in [4.78, 5) is 0. The molecule has 0 amide bonds. The molecule has 1 unspecified atom stereocenters. The van der Waals surface area contributed by atoms with Crippen molar-refractivity contribution in [1.29, 1.82) is 0 Å². The van der Waals surface area contributed by atoms with E-state index in [-0.39, 0.29) is 11.9 Å². The lowest BCUT2D eigenvalue weighted by Gasteiger charge is -2.20. The van der Waals surface area contributed by atoms with Crippen LogP contribution in [-0.2, 0) is 6.42 Å². The molecule has 0 aromatic heterocycles. The Morgan fingerprint density at radius 3 is 2.45 bits per heavy atom. The van der Waals surface area contributed by atoms with Gasteiger partial charge in [-0.05, 0) is 55.7 Å². The summed E-state index contributed by atoms with van der Waals surface area (Å²) in [5.74, 6) is -0.193. The lowest BCUT2D eigenvalue weighted by atomic mass is 10.0. The van der Waals surface area contributed by atoms with Gasteiger partial charge in [0.1, 0.15) is 5.82 Å². The van der Waals surface area contributed by atoms with E-state index in [0.717, 1.165) is 17.0 Å². The fourth-order valence-corrected chi connectivity index (χ4v) is 2.46. The van der Waals surface area contributed by atoms with Crippen molar-refractivity contribution in [3.05, 3.63) is 70.5 Å².